The number of H-pyrrole nitrogens is 1. The zero-order chi connectivity index (χ0) is 19.0. The van der Waals surface area contributed by atoms with Gasteiger partial charge in [-0.25, -0.2) is 22.0 Å². The molecule has 0 bridgehead atoms. The third kappa shape index (κ3) is 2.81. The number of nitrogens with zero attached hydrogens (tertiary/aromatic N) is 1. The van der Waals surface area contributed by atoms with E-state index in [4.69, 9.17) is 0 Å². The van der Waals surface area contributed by atoms with E-state index in [2.05, 4.69) is 15.5 Å². The van der Waals surface area contributed by atoms with Gasteiger partial charge < -0.3 is 5.32 Å². The van der Waals surface area contributed by atoms with Crippen molar-refractivity contribution in [2.45, 2.75) is 6.92 Å². The summed E-state index contributed by atoms with van der Waals surface area (Å²) in [5.74, 6) is -12.6. The van der Waals surface area contributed by atoms with Gasteiger partial charge >= 0.3 is 0 Å². The minimum absolute atomic E-state index is 0.0603. The van der Waals surface area contributed by atoms with E-state index < -0.39 is 40.6 Å². The van der Waals surface area contributed by atoms with Crippen molar-refractivity contribution in [3.63, 3.8) is 0 Å². The van der Waals surface area contributed by atoms with Crippen LogP contribution < -0.4 is 5.32 Å². The van der Waals surface area contributed by atoms with Gasteiger partial charge in [0, 0.05) is 5.56 Å². The quantitative estimate of drug-likeness (QED) is 0.411. The maximum Gasteiger partial charge on any atom is 0.261 e. The molecule has 3 rings (SSSR count). The molecular formula is C17H10F5N3O. The minimum atomic E-state index is -2.33. The van der Waals surface area contributed by atoms with Gasteiger partial charge in [-0.2, -0.15) is 5.10 Å². The van der Waals surface area contributed by atoms with Crippen LogP contribution in [0.3, 0.4) is 0 Å². The number of carbonyl (C=O) groups is 1. The largest absolute Gasteiger partial charge is 0.318 e. The monoisotopic (exact) mass is 367 g/mol. The maximum atomic E-state index is 13.8. The van der Waals surface area contributed by atoms with Gasteiger partial charge in [0.05, 0.1) is 17.1 Å². The molecule has 2 N–H and O–H groups in total. The van der Waals surface area contributed by atoms with E-state index in [0.717, 1.165) is 0 Å². The molecule has 0 saturated heterocycles. The number of aromatic nitrogens is 2. The molecule has 1 heterocycles. The Hall–Kier alpha value is -3.23. The number of anilines is 1. The lowest BCUT2D eigenvalue weighted by atomic mass is 10.1. The van der Waals surface area contributed by atoms with Crippen LogP contribution in [-0.4, -0.2) is 16.1 Å². The molecule has 26 heavy (non-hydrogen) atoms. The van der Waals surface area contributed by atoms with Crippen molar-refractivity contribution in [3.05, 3.63) is 70.7 Å². The van der Waals surface area contributed by atoms with E-state index in [1.165, 1.54) is 6.92 Å². The van der Waals surface area contributed by atoms with Gasteiger partial charge in [-0.05, 0) is 6.92 Å². The van der Waals surface area contributed by atoms with E-state index in [1.54, 1.807) is 30.3 Å². The zero-order valence-electron chi connectivity index (χ0n) is 13.1. The van der Waals surface area contributed by atoms with Crippen molar-refractivity contribution in [3.8, 4) is 11.3 Å². The summed E-state index contributed by atoms with van der Waals surface area (Å²) in [7, 11) is 0. The summed E-state index contributed by atoms with van der Waals surface area (Å²) >= 11 is 0. The molecule has 0 atom stereocenters. The lowest BCUT2D eigenvalue weighted by Crippen LogP contribution is -2.19. The number of amides is 1. The summed E-state index contributed by atoms with van der Waals surface area (Å²) in [6.07, 6.45) is 0. The lowest BCUT2D eigenvalue weighted by Gasteiger charge is -2.10. The molecule has 0 radical (unpaired) electrons. The average molecular weight is 367 g/mol. The first-order valence-corrected chi connectivity index (χ1v) is 7.26. The SMILES string of the molecule is Cc1n[nH]c(-c2ccccc2)c1NC(=O)c1c(F)c(F)c(F)c(F)c1F. The van der Waals surface area contributed by atoms with E-state index >= 15 is 0 Å². The van der Waals surface area contributed by atoms with Gasteiger partial charge in [0.1, 0.15) is 5.56 Å². The Labute approximate surface area is 143 Å². The molecule has 2 aromatic carbocycles. The Morgan fingerprint density at radius 1 is 0.923 bits per heavy atom. The first-order valence-electron chi connectivity index (χ1n) is 7.26. The molecule has 0 saturated carbocycles. The fraction of sp³-hybridized carbons (Fsp3) is 0.0588. The summed E-state index contributed by atoms with van der Waals surface area (Å²) < 4.78 is 67.3. The fourth-order valence-corrected chi connectivity index (χ4v) is 2.38. The third-order valence-electron chi connectivity index (χ3n) is 3.69. The van der Waals surface area contributed by atoms with Gasteiger partial charge in [0.15, 0.2) is 23.3 Å². The number of nitrogens with one attached hydrogen (secondary N) is 2. The number of rotatable bonds is 3. The van der Waals surface area contributed by atoms with E-state index in [9.17, 15) is 26.7 Å². The molecule has 1 aromatic heterocycles. The first-order chi connectivity index (χ1) is 12.3. The van der Waals surface area contributed by atoms with E-state index in [1.807, 2.05) is 0 Å². The number of hydrogen-bond donors (Lipinski definition) is 2. The molecule has 0 aliphatic heterocycles. The molecule has 0 spiro atoms. The van der Waals surface area contributed by atoms with E-state index in [0.29, 0.717) is 11.3 Å². The predicted octanol–water partition coefficient (Wildman–Crippen LogP) is 4.33. The van der Waals surface area contributed by atoms with Gasteiger partial charge in [-0.3, -0.25) is 9.89 Å². The third-order valence-corrected chi connectivity index (χ3v) is 3.69. The maximum absolute atomic E-state index is 13.8. The lowest BCUT2D eigenvalue weighted by molar-refractivity contribution is 0.101. The first kappa shape index (κ1) is 17.6. The molecule has 0 aliphatic carbocycles. The highest BCUT2D eigenvalue weighted by atomic mass is 19.2. The van der Waals surface area contributed by atoms with Crippen LogP contribution in [-0.2, 0) is 0 Å². The average Bonchev–Trinajstić information content (AvgIpc) is 3.00. The molecular weight excluding hydrogens is 357 g/mol. The molecule has 0 unspecified atom stereocenters. The standard InChI is InChI=1S/C17H10F5N3O/c1-7-15(16(25-24-7)8-5-3-2-4-6-8)23-17(26)9-10(18)12(20)14(22)13(21)11(9)19/h2-6H,1H3,(H,23,26)(H,24,25). The number of benzene rings is 2. The van der Waals surface area contributed by atoms with Crippen molar-refractivity contribution in [2.24, 2.45) is 0 Å². The van der Waals surface area contributed by atoms with Gasteiger partial charge in [0.2, 0.25) is 5.82 Å². The highest BCUT2D eigenvalue weighted by molar-refractivity contribution is 6.06. The minimum Gasteiger partial charge on any atom is -0.318 e. The Morgan fingerprint density at radius 3 is 2.04 bits per heavy atom. The van der Waals surface area contributed by atoms with Crippen LogP contribution in [0.25, 0.3) is 11.3 Å². The molecule has 1 amide bonds. The molecule has 134 valence electrons. The smallest absolute Gasteiger partial charge is 0.261 e. The van der Waals surface area contributed by atoms with Crippen molar-refractivity contribution in [1.82, 2.24) is 10.2 Å². The Kier molecular flexibility index (Phi) is 4.45. The molecule has 0 fully saturated rings. The molecule has 3 aromatic rings. The van der Waals surface area contributed by atoms with Gasteiger partial charge in [-0.15, -0.1) is 0 Å². The van der Waals surface area contributed by atoms with Gasteiger partial charge in [0.25, 0.3) is 5.91 Å². The predicted molar refractivity (Wildman–Crippen MR) is 82.9 cm³/mol. The number of halogens is 5. The molecule has 9 heteroatoms. The van der Waals surface area contributed by atoms with Crippen molar-refractivity contribution in [1.29, 1.82) is 0 Å². The second-order valence-electron chi connectivity index (χ2n) is 5.32. The van der Waals surface area contributed by atoms with Crippen molar-refractivity contribution in [2.75, 3.05) is 5.32 Å². The van der Waals surface area contributed by atoms with E-state index in [-0.39, 0.29) is 11.4 Å². The second-order valence-corrected chi connectivity index (χ2v) is 5.32. The summed E-state index contributed by atoms with van der Waals surface area (Å²) in [6.45, 7) is 1.50. The van der Waals surface area contributed by atoms with Crippen LogP contribution in [0.5, 0.6) is 0 Å². The van der Waals surface area contributed by atoms with Crippen LogP contribution in [0.2, 0.25) is 0 Å². The molecule has 0 aliphatic rings. The topological polar surface area (TPSA) is 57.8 Å². The number of aryl methyl sites for hydroxylation is 1. The normalized spacial score (nSPS) is 10.8. The Bertz CT molecular complexity index is 972. The molecule has 4 nitrogen and oxygen atoms in total. The van der Waals surface area contributed by atoms with Crippen molar-refractivity contribution >= 4 is 11.6 Å². The van der Waals surface area contributed by atoms with Gasteiger partial charge in [-0.1, -0.05) is 30.3 Å². The zero-order valence-corrected chi connectivity index (χ0v) is 13.1. The fourth-order valence-electron chi connectivity index (χ4n) is 2.38. The Morgan fingerprint density at radius 2 is 1.46 bits per heavy atom. The number of aromatic amines is 1. The van der Waals surface area contributed by atoms with Crippen LogP contribution in [0.15, 0.2) is 30.3 Å². The van der Waals surface area contributed by atoms with Crippen LogP contribution in [0.1, 0.15) is 16.1 Å². The summed E-state index contributed by atoms with van der Waals surface area (Å²) in [4.78, 5) is 12.2. The van der Waals surface area contributed by atoms with Crippen LogP contribution >= 0.6 is 0 Å². The summed E-state index contributed by atoms with van der Waals surface area (Å²) in [5.41, 5.74) is -0.326. The highest BCUT2D eigenvalue weighted by Gasteiger charge is 2.30. The van der Waals surface area contributed by atoms with Crippen molar-refractivity contribution < 1.29 is 26.7 Å². The number of carbonyl (C=O) groups excluding carboxylic acids is 1. The second kappa shape index (κ2) is 6.58. The Balaban J connectivity index is 2.05. The van der Waals surface area contributed by atoms with Crippen LogP contribution in [0, 0.1) is 36.0 Å². The van der Waals surface area contributed by atoms with Crippen LogP contribution in [0.4, 0.5) is 27.6 Å². The highest BCUT2D eigenvalue weighted by Crippen LogP contribution is 2.30. The number of hydrogen-bond acceptors (Lipinski definition) is 2. The summed E-state index contributed by atoms with van der Waals surface area (Å²) in [6, 6.07) is 8.53. The summed E-state index contributed by atoms with van der Waals surface area (Å²) in [5, 5.41) is 8.71.